The van der Waals surface area contributed by atoms with Crippen molar-refractivity contribution in [2.75, 3.05) is 5.32 Å². The van der Waals surface area contributed by atoms with E-state index in [2.05, 4.69) is 5.32 Å². The van der Waals surface area contributed by atoms with Crippen molar-refractivity contribution >= 4 is 46.4 Å². The highest BCUT2D eigenvalue weighted by molar-refractivity contribution is 6.36. The highest BCUT2D eigenvalue weighted by Crippen LogP contribution is 2.34. The van der Waals surface area contributed by atoms with E-state index in [1.807, 2.05) is 24.3 Å². The van der Waals surface area contributed by atoms with Gasteiger partial charge >= 0.3 is 0 Å². The van der Waals surface area contributed by atoms with Gasteiger partial charge in [0, 0.05) is 21.2 Å². The molecule has 0 unspecified atom stereocenters. The lowest BCUT2D eigenvalue weighted by Crippen LogP contribution is -2.03. The SMILES string of the molecule is C.O=C1Nc2cc(Cl)ccc2C1=Cc1ccc(Cl)cc1. The minimum Gasteiger partial charge on any atom is -0.321 e. The molecule has 1 heterocycles. The maximum Gasteiger partial charge on any atom is 0.256 e. The first-order valence-electron chi connectivity index (χ1n) is 5.72. The zero-order valence-corrected chi connectivity index (χ0v) is 11.3. The second kappa shape index (κ2) is 5.70. The maximum atomic E-state index is 12.0. The lowest BCUT2D eigenvalue weighted by molar-refractivity contribution is -0.110. The summed E-state index contributed by atoms with van der Waals surface area (Å²) in [6, 6.07) is 12.7. The van der Waals surface area contributed by atoms with Crippen LogP contribution in [0.2, 0.25) is 10.0 Å². The standard InChI is InChI=1S/C15H9Cl2NO.CH4/c16-10-3-1-9(2-4-10)7-13-12-6-5-11(17)8-14(12)18-15(13)19;/h1-8H,(H,18,19);1H4. The fourth-order valence-corrected chi connectivity index (χ4v) is 2.33. The monoisotopic (exact) mass is 305 g/mol. The molecule has 1 aliphatic heterocycles. The highest BCUT2D eigenvalue weighted by atomic mass is 35.5. The Morgan fingerprint density at radius 3 is 2.30 bits per heavy atom. The summed E-state index contributed by atoms with van der Waals surface area (Å²) in [5.41, 5.74) is 3.17. The Hall–Kier alpha value is -1.77. The summed E-state index contributed by atoms with van der Waals surface area (Å²) in [6.07, 6.45) is 1.84. The Bertz CT molecular complexity index is 690. The van der Waals surface area contributed by atoms with Gasteiger partial charge in [-0.15, -0.1) is 0 Å². The van der Waals surface area contributed by atoms with Gasteiger partial charge in [-0.25, -0.2) is 0 Å². The van der Waals surface area contributed by atoms with Gasteiger partial charge in [0.1, 0.15) is 0 Å². The van der Waals surface area contributed by atoms with Gasteiger partial charge in [-0.1, -0.05) is 48.8 Å². The van der Waals surface area contributed by atoms with E-state index in [-0.39, 0.29) is 13.3 Å². The molecule has 2 aromatic rings. The van der Waals surface area contributed by atoms with E-state index in [0.717, 1.165) is 16.8 Å². The summed E-state index contributed by atoms with van der Waals surface area (Å²) in [4.78, 5) is 12.0. The van der Waals surface area contributed by atoms with E-state index in [1.165, 1.54) is 0 Å². The van der Waals surface area contributed by atoms with E-state index in [9.17, 15) is 4.79 Å². The number of anilines is 1. The third-order valence-corrected chi connectivity index (χ3v) is 3.43. The van der Waals surface area contributed by atoms with Gasteiger partial charge < -0.3 is 5.32 Å². The molecule has 2 nitrogen and oxygen atoms in total. The predicted octanol–water partition coefficient (Wildman–Crippen LogP) is 5.12. The number of benzene rings is 2. The second-order valence-corrected chi connectivity index (χ2v) is 5.13. The average Bonchev–Trinajstić information content (AvgIpc) is 2.68. The quantitative estimate of drug-likeness (QED) is 0.728. The molecule has 0 atom stereocenters. The molecule has 4 heteroatoms. The molecule has 0 saturated heterocycles. The van der Waals surface area contributed by atoms with Crippen LogP contribution in [-0.2, 0) is 4.79 Å². The van der Waals surface area contributed by atoms with Gasteiger partial charge in [0.2, 0.25) is 0 Å². The zero-order valence-electron chi connectivity index (χ0n) is 9.78. The van der Waals surface area contributed by atoms with Crippen LogP contribution in [0.15, 0.2) is 42.5 Å². The van der Waals surface area contributed by atoms with Crippen molar-refractivity contribution in [3.05, 3.63) is 63.6 Å². The first-order chi connectivity index (χ1) is 9.13. The van der Waals surface area contributed by atoms with Crippen molar-refractivity contribution < 1.29 is 4.79 Å². The Balaban J connectivity index is 0.00000147. The largest absolute Gasteiger partial charge is 0.321 e. The Kier molecular flexibility index (Phi) is 4.17. The molecule has 0 radical (unpaired) electrons. The molecule has 0 spiro atoms. The van der Waals surface area contributed by atoms with Crippen LogP contribution in [0, 0.1) is 0 Å². The normalized spacial score (nSPS) is 14.7. The van der Waals surface area contributed by atoms with E-state index in [4.69, 9.17) is 23.2 Å². The van der Waals surface area contributed by atoms with Crippen molar-refractivity contribution in [2.24, 2.45) is 0 Å². The van der Waals surface area contributed by atoms with Gasteiger partial charge in [0.05, 0.1) is 5.69 Å². The molecule has 3 rings (SSSR count). The number of amides is 1. The first kappa shape index (κ1) is 14.6. The Morgan fingerprint density at radius 1 is 0.950 bits per heavy atom. The maximum absolute atomic E-state index is 12.0. The van der Waals surface area contributed by atoms with Crippen LogP contribution in [-0.4, -0.2) is 5.91 Å². The van der Waals surface area contributed by atoms with Gasteiger partial charge in [0.25, 0.3) is 5.91 Å². The smallest absolute Gasteiger partial charge is 0.256 e. The summed E-state index contributed by atoms with van der Waals surface area (Å²) in [6.45, 7) is 0. The molecule has 1 N–H and O–H groups in total. The Morgan fingerprint density at radius 2 is 1.60 bits per heavy atom. The summed E-state index contributed by atoms with van der Waals surface area (Å²) < 4.78 is 0. The summed E-state index contributed by atoms with van der Waals surface area (Å²) >= 11 is 11.8. The van der Waals surface area contributed by atoms with Crippen LogP contribution in [0.25, 0.3) is 11.6 Å². The lowest BCUT2D eigenvalue weighted by Gasteiger charge is -1.99. The van der Waals surface area contributed by atoms with Crippen LogP contribution >= 0.6 is 23.2 Å². The van der Waals surface area contributed by atoms with Gasteiger partial charge in [-0.2, -0.15) is 0 Å². The number of fused-ring (bicyclic) bond motifs is 1. The minimum atomic E-state index is -0.118. The molecular formula is C16H13Cl2NO. The van der Waals surface area contributed by atoms with Crippen LogP contribution < -0.4 is 5.32 Å². The van der Waals surface area contributed by atoms with Crippen molar-refractivity contribution in [3.8, 4) is 0 Å². The fourth-order valence-electron chi connectivity index (χ4n) is 2.04. The van der Waals surface area contributed by atoms with E-state index >= 15 is 0 Å². The Labute approximate surface area is 128 Å². The third-order valence-electron chi connectivity index (χ3n) is 2.95. The number of hydrogen-bond donors (Lipinski definition) is 1. The fraction of sp³-hybridized carbons (Fsp3) is 0.0625. The number of carbonyl (C=O) groups is 1. The average molecular weight is 306 g/mol. The van der Waals surface area contributed by atoms with Crippen LogP contribution in [0.1, 0.15) is 18.6 Å². The van der Waals surface area contributed by atoms with Crippen LogP contribution in [0.4, 0.5) is 5.69 Å². The van der Waals surface area contributed by atoms with Gasteiger partial charge in [-0.05, 0) is 35.9 Å². The molecule has 0 aliphatic carbocycles. The number of halogens is 2. The molecule has 0 bridgehead atoms. The predicted molar refractivity (Wildman–Crippen MR) is 86.1 cm³/mol. The molecule has 0 fully saturated rings. The molecule has 0 aromatic heterocycles. The van der Waals surface area contributed by atoms with Crippen molar-refractivity contribution in [3.63, 3.8) is 0 Å². The van der Waals surface area contributed by atoms with E-state index in [1.54, 1.807) is 24.3 Å². The van der Waals surface area contributed by atoms with E-state index < -0.39 is 0 Å². The summed E-state index contributed by atoms with van der Waals surface area (Å²) in [5, 5.41) is 4.08. The lowest BCUT2D eigenvalue weighted by atomic mass is 10.0. The van der Waals surface area contributed by atoms with Crippen molar-refractivity contribution in [1.82, 2.24) is 0 Å². The molecule has 20 heavy (non-hydrogen) atoms. The first-order valence-corrected chi connectivity index (χ1v) is 6.47. The number of rotatable bonds is 1. The molecule has 1 amide bonds. The molecule has 2 aromatic carbocycles. The molecule has 102 valence electrons. The minimum absolute atomic E-state index is 0. The van der Waals surface area contributed by atoms with Gasteiger partial charge in [0.15, 0.2) is 0 Å². The summed E-state index contributed by atoms with van der Waals surface area (Å²) in [7, 11) is 0. The second-order valence-electron chi connectivity index (χ2n) is 4.25. The van der Waals surface area contributed by atoms with Crippen molar-refractivity contribution in [2.45, 2.75) is 7.43 Å². The highest BCUT2D eigenvalue weighted by Gasteiger charge is 2.23. The number of nitrogens with one attached hydrogen (secondary N) is 1. The third kappa shape index (κ3) is 2.72. The van der Waals surface area contributed by atoms with Gasteiger partial charge in [-0.3, -0.25) is 4.79 Å². The summed E-state index contributed by atoms with van der Waals surface area (Å²) in [5.74, 6) is -0.118. The van der Waals surface area contributed by atoms with Crippen LogP contribution in [0.3, 0.4) is 0 Å². The number of carbonyl (C=O) groups excluding carboxylic acids is 1. The molecule has 1 aliphatic rings. The zero-order chi connectivity index (χ0) is 13.4. The van der Waals surface area contributed by atoms with E-state index in [0.29, 0.717) is 15.6 Å². The number of hydrogen-bond acceptors (Lipinski definition) is 1. The molecular weight excluding hydrogens is 293 g/mol. The van der Waals surface area contributed by atoms with Crippen molar-refractivity contribution in [1.29, 1.82) is 0 Å². The molecule has 0 saturated carbocycles. The topological polar surface area (TPSA) is 29.1 Å². The van der Waals surface area contributed by atoms with Crippen LogP contribution in [0.5, 0.6) is 0 Å².